The topological polar surface area (TPSA) is 0 Å². The Bertz CT molecular complexity index is 109. The van der Waals surface area contributed by atoms with Crippen molar-refractivity contribution in [2.75, 3.05) is 0 Å². The minimum absolute atomic E-state index is 0.608. The molecule has 1 atom stereocenters. The summed E-state index contributed by atoms with van der Waals surface area (Å²) < 4.78 is 0. The van der Waals surface area contributed by atoms with Gasteiger partial charge in [0.25, 0.3) is 0 Å². The van der Waals surface area contributed by atoms with Crippen molar-refractivity contribution in [3.05, 3.63) is 24.3 Å². The minimum Gasteiger partial charge on any atom is -0.0911 e. The van der Waals surface area contributed by atoms with E-state index in [0.29, 0.717) is 5.92 Å². The number of rotatable bonds is 4. The lowest BCUT2D eigenvalue weighted by atomic mass is 10.1. The molecule has 1 unspecified atom stereocenters. The monoisotopic (exact) mass is 138 g/mol. The fraction of sp³-hybridized carbons (Fsp3) is 0.600. The summed E-state index contributed by atoms with van der Waals surface area (Å²) in [5.41, 5.74) is 0. The molecule has 58 valence electrons. The molecule has 0 spiro atoms. The molecule has 0 bridgehead atoms. The van der Waals surface area contributed by atoms with Gasteiger partial charge in [0.05, 0.1) is 0 Å². The second-order valence-electron chi connectivity index (χ2n) is 2.60. The van der Waals surface area contributed by atoms with Gasteiger partial charge in [-0.05, 0) is 19.3 Å². The van der Waals surface area contributed by atoms with Crippen LogP contribution in [0.2, 0.25) is 0 Å². The van der Waals surface area contributed by atoms with Crippen LogP contribution in [0, 0.1) is 5.92 Å². The van der Waals surface area contributed by atoms with E-state index in [0.717, 1.165) is 0 Å². The lowest BCUT2D eigenvalue weighted by molar-refractivity contribution is 0.901. The van der Waals surface area contributed by atoms with Crippen LogP contribution in [-0.4, -0.2) is 0 Å². The van der Waals surface area contributed by atoms with Gasteiger partial charge in [-0.1, -0.05) is 44.6 Å². The van der Waals surface area contributed by atoms with Gasteiger partial charge in [-0.15, -0.1) is 0 Å². The number of hydrogen-bond donors (Lipinski definition) is 0. The summed E-state index contributed by atoms with van der Waals surface area (Å²) >= 11 is 0. The van der Waals surface area contributed by atoms with Crippen LogP contribution in [0.1, 0.15) is 33.6 Å². The summed E-state index contributed by atoms with van der Waals surface area (Å²) in [7, 11) is 0. The van der Waals surface area contributed by atoms with E-state index in [2.05, 4.69) is 45.1 Å². The van der Waals surface area contributed by atoms with E-state index in [1.54, 1.807) is 0 Å². The van der Waals surface area contributed by atoms with Crippen LogP contribution in [0.4, 0.5) is 0 Å². The van der Waals surface area contributed by atoms with Crippen molar-refractivity contribution in [3.8, 4) is 0 Å². The van der Waals surface area contributed by atoms with Crippen LogP contribution in [0.15, 0.2) is 24.3 Å². The molecule has 0 aromatic heterocycles. The average molecular weight is 138 g/mol. The minimum atomic E-state index is 0.608. The predicted octanol–water partition coefficient (Wildman–Crippen LogP) is 3.55. The van der Waals surface area contributed by atoms with Crippen LogP contribution in [0.3, 0.4) is 0 Å². The Labute approximate surface area is 64.6 Å². The standard InChI is InChI=1S/C10H18/c1-4-6-7-9-10(3)8-5-2/h5,7-10H,4,6H2,1-3H3. The van der Waals surface area contributed by atoms with Crippen molar-refractivity contribution in [1.82, 2.24) is 0 Å². The normalized spacial score (nSPS) is 15.1. The summed E-state index contributed by atoms with van der Waals surface area (Å²) in [6.45, 7) is 6.46. The molecule has 0 rings (SSSR count). The predicted molar refractivity (Wildman–Crippen MR) is 48.0 cm³/mol. The molecule has 0 radical (unpaired) electrons. The fourth-order valence-corrected chi connectivity index (χ4v) is 0.845. The molecular formula is C10H18. The van der Waals surface area contributed by atoms with Gasteiger partial charge in [0.15, 0.2) is 0 Å². The lowest BCUT2D eigenvalue weighted by Crippen LogP contribution is -1.80. The average Bonchev–Trinajstić information content (AvgIpc) is 1.89. The van der Waals surface area contributed by atoms with Crippen molar-refractivity contribution in [3.63, 3.8) is 0 Å². The molecule has 0 heteroatoms. The van der Waals surface area contributed by atoms with E-state index in [-0.39, 0.29) is 0 Å². The Kier molecular flexibility index (Phi) is 6.25. The highest BCUT2D eigenvalue weighted by Crippen LogP contribution is 2.00. The highest BCUT2D eigenvalue weighted by atomic mass is 13.9. The van der Waals surface area contributed by atoms with Gasteiger partial charge in [-0.2, -0.15) is 0 Å². The van der Waals surface area contributed by atoms with E-state index in [9.17, 15) is 0 Å². The molecule has 0 aliphatic carbocycles. The smallest absolute Gasteiger partial charge is 0.00820 e. The third kappa shape index (κ3) is 5.61. The molecule has 0 fully saturated rings. The highest BCUT2D eigenvalue weighted by molar-refractivity contribution is 4.97. The Hall–Kier alpha value is -0.520. The maximum atomic E-state index is 2.25. The number of hydrogen-bond acceptors (Lipinski definition) is 0. The van der Waals surface area contributed by atoms with Gasteiger partial charge in [-0.3, -0.25) is 0 Å². The largest absolute Gasteiger partial charge is 0.0911 e. The molecule has 0 aliphatic heterocycles. The van der Waals surface area contributed by atoms with Crippen LogP contribution in [0.5, 0.6) is 0 Å². The highest BCUT2D eigenvalue weighted by Gasteiger charge is 1.85. The van der Waals surface area contributed by atoms with Crippen molar-refractivity contribution in [2.45, 2.75) is 33.6 Å². The van der Waals surface area contributed by atoms with E-state index >= 15 is 0 Å². The van der Waals surface area contributed by atoms with Crippen LogP contribution >= 0.6 is 0 Å². The molecule has 0 aliphatic rings. The first-order chi connectivity index (χ1) is 4.81. The molecule has 0 amide bonds. The van der Waals surface area contributed by atoms with Crippen LogP contribution in [0.25, 0.3) is 0 Å². The Morgan fingerprint density at radius 2 is 2.00 bits per heavy atom. The molecule has 0 saturated carbocycles. The first-order valence-electron chi connectivity index (χ1n) is 4.10. The molecule has 0 heterocycles. The van der Waals surface area contributed by atoms with Crippen molar-refractivity contribution in [2.24, 2.45) is 5.92 Å². The van der Waals surface area contributed by atoms with Crippen molar-refractivity contribution in [1.29, 1.82) is 0 Å². The summed E-state index contributed by atoms with van der Waals surface area (Å²) in [4.78, 5) is 0. The van der Waals surface area contributed by atoms with Gasteiger partial charge in [0, 0.05) is 0 Å². The first-order valence-corrected chi connectivity index (χ1v) is 4.10. The molecule has 0 nitrogen and oxygen atoms in total. The van der Waals surface area contributed by atoms with Crippen molar-refractivity contribution < 1.29 is 0 Å². The third-order valence-corrected chi connectivity index (χ3v) is 1.39. The van der Waals surface area contributed by atoms with Crippen LogP contribution in [-0.2, 0) is 0 Å². The second-order valence-corrected chi connectivity index (χ2v) is 2.60. The van der Waals surface area contributed by atoms with Gasteiger partial charge in [0.2, 0.25) is 0 Å². The van der Waals surface area contributed by atoms with Gasteiger partial charge in [-0.25, -0.2) is 0 Å². The summed E-state index contributed by atoms with van der Waals surface area (Å²) in [6.07, 6.45) is 11.3. The van der Waals surface area contributed by atoms with Gasteiger partial charge in [0.1, 0.15) is 0 Å². The fourth-order valence-electron chi connectivity index (χ4n) is 0.845. The lowest BCUT2D eigenvalue weighted by Gasteiger charge is -1.94. The summed E-state index contributed by atoms with van der Waals surface area (Å²) in [6, 6.07) is 0. The Morgan fingerprint density at radius 3 is 2.50 bits per heavy atom. The SMILES string of the molecule is CC=CC(C)C=CCCC. The maximum absolute atomic E-state index is 2.25. The molecule has 0 N–H and O–H groups in total. The van der Waals surface area contributed by atoms with E-state index < -0.39 is 0 Å². The summed E-state index contributed by atoms with van der Waals surface area (Å²) in [5.74, 6) is 0.608. The van der Waals surface area contributed by atoms with Gasteiger partial charge < -0.3 is 0 Å². The zero-order chi connectivity index (χ0) is 7.82. The molecular weight excluding hydrogens is 120 g/mol. The number of unbranched alkanes of at least 4 members (excludes halogenated alkanes) is 1. The first kappa shape index (κ1) is 9.48. The zero-order valence-electron chi connectivity index (χ0n) is 7.30. The van der Waals surface area contributed by atoms with E-state index in [1.165, 1.54) is 12.8 Å². The van der Waals surface area contributed by atoms with Gasteiger partial charge >= 0.3 is 0 Å². The van der Waals surface area contributed by atoms with Crippen molar-refractivity contribution >= 4 is 0 Å². The Balaban J connectivity index is 3.45. The Morgan fingerprint density at radius 1 is 1.30 bits per heavy atom. The third-order valence-electron chi connectivity index (χ3n) is 1.39. The van der Waals surface area contributed by atoms with E-state index in [1.807, 2.05) is 0 Å². The number of allylic oxidation sites excluding steroid dienone is 4. The molecule has 0 saturated heterocycles. The molecule has 0 aromatic carbocycles. The zero-order valence-corrected chi connectivity index (χ0v) is 7.30. The molecule has 0 aromatic rings. The molecule has 10 heavy (non-hydrogen) atoms. The second kappa shape index (κ2) is 6.60. The van der Waals surface area contributed by atoms with Crippen LogP contribution < -0.4 is 0 Å². The quantitative estimate of drug-likeness (QED) is 0.521. The van der Waals surface area contributed by atoms with E-state index in [4.69, 9.17) is 0 Å². The summed E-state index contributed by atoms with van der Waals surface area (Å²) in [5, 5.41) is 0. The maximum Gasteiger partial charge on any atom is -0.00820 e.